The average molecular weight is 215 g/mol. The second kappa shape index (κ2) is 6.35. The zero-order chi connectivity index (χ0) is 11.1. The Morgan fingerprint density at radius 1 is 1.27 bits per heavy atom. The number of halogens is 2. The molecule has 4 heteroatoms. The van der Waals surface area contributed by atoms with Gasteiger partial charge in [-0.1, -0.05) is 6.07 Å². The fourth-order valence-electron chi connectivity index (χ4n) is 1.20. The van der Waals surface area contributed by atoms with Gasteiger partial charge in [0.1, 0.15) is 17.3 Å². The van der Waals surface area contributed by atoms with Crippen LogP contribution in [0.3, 0.4) is 0 Å². The van der Waals surface area contributed by atoms with Crippen molar-refractivity contribution in [3.05, 3.63) is 29.8 Å². The van der Waals surface area contributed by atoms with Crippen LogP contribution in [0.4, 0.5) is 14.5 Å². The molecule has 0 atom stereocenters. The van der Waals surface area contributed by atoms with E-state index in [1.807, 2.05) is 6.92 Å². The summed E-state index contributed by atoms with van der Waals surface area (Å²) in [5, 5.41) is 2.71. The number of hydrogen-bond donors (Lipinski definition) is 1. The Bertz CT molecular complexity index is 284. The highest BCUT2D eigenvalue weighted by Crippen LogP contribution is 2.17. The van der Waals surface area contributed by atoms with E-state index >= 15 is 0 Å². The van der Waals surface area contributed by atoms with Crippen LogP contribution in [-0.2, 0) is 4.74 Å². The van der Waals surface area contributed by atoms with E-state index in [9.17, 15) is 8.78 Å². The Morgan fingerprint density at radius 3 is 2.53 bits per heavy atom. The second-order valence-corrected chi connectivity index (χ2v) is 3.07. The Kier molecular flexibility index (Phi) is 5.04. The van der Waals surface area contributed by atoms with Crippen molar-refractivity contribution in [1.29, 1.82) is 0 Å². The lowest BCUT2D eigenvalue weighted by molar-refractivity contribution is 0.147. The van der Waals surface area contributed by atoms with Gasteiger partial charge in [-0.05, 0) is 25.5 Å². The van der Waals surface area contributed by atoms with Crippen molar-refractivity contribution in [2.75, 3.05) is 25.1 Å². The molecule has 0 aliphatic carbocycles. The smallest absolute Gasteiger partial charge is 0.149 e. The molecule has 1 aromatic carbocycles. The quantitative estimate of drug-likeness (QED) is 0.737. The summed E-state index contributed by atoms with van der Waals surface area (Å²) in [7, 11) is 0. The first kappa shape index (κ1) is 11.9. The lowest BCUT2D eigenvalue weighted by Crippen LogP contribution is -2.08. The van der Waals surface area contributed by atoms with Crippen LogP contribution in [0.1, 0.15) is 13.3 Å². The van der Waals surface area contributed by atoms with Crippen molar-refractivity contribution in [2.45, 2.75) is 13.3 Å². The molecule has 0 amide bonds. The van der Waals surface area contributed by atoms with E-state index < -0.39 is 11.6 Å². The van der Waals surface area contributed by atoms with Crippen molar-refractivity contribution >= 4 is 5.69 Å². The van der Waals surface area contributed by atoms with Gasteiger partial charge in [0.15, 0.2) is 0 Å². The predicted octanol–water partition coefficient (Wildman–Crippen LogP) is 2.80. The minimum atomic E-state index is -0.564. The summed E-state index contributed by atoms with van der Waals surface area (Å²) in [6, 6.07) is 3.80. The van der Waals surface area contributed by atoms with Crippen LogP contribution < -0.4 is 5.32 Å². The molecule has 0 radical (unpaired) electrons. The third kappa shape index (κ3) is 3.83. The van der Waals surface area contributed by atoms with Crippen LogP contribution in [0.5, 0.6) is 0 Å². The van der Waals surface area contributed by atoms with E-state index in [1.165, 1.54) is 18.2 Å². The van der Waals surface area contributed by atoms with Gasteiger partial charge < -0.3 is 10.1 Å². The van der Waals surface area contributed by atoms with Gasteiger partial charge in [0.2, 0.25) is 0 Å². The fraction of sp³-hybridized carbons (Fsp3) is 0.455. The van der Waals surface area contributed by atoms with Crippen LogP contribution >= 0.6 is 0 Å². The zero-order valence-corrected chi connectivity index (χ0v) is 8.72. The van der Waals surface area contributed by atoms with Crippen molar-refractivity contribution in [3.8, 4) is 0 Å². The highest BCUT2D eigenvalue weighted by molar-refractivity contribution is 5.45. The number of ether oxygens (including phenoxy) is 1. The molecule has 1 rings (SSSR count). The average Bonchev–Trinajstić information content (AvgIpc) is 2.21. The maximum Gasteiger partial charge on any atom is 0.149 e. The lowest BCUT2D eigenvalue weighted by atomic mass is 10.3. The van der Waals surface area contributed by atoms with Gasteiger partial charge in [0.25, 0.3) is 0 Å². The van der Waals surface area contributed by atoms with Gasteiger partial charge in [0, 0.05) is 19.8 Å². The molecule has 0 unspecified atom stereocenters. The van der Waals surface area contributed by atoms with Crippen molar-refractivity contribution in [3.63, 3.8) is 0 Å². The minimum absolute atomic E-state index is 0.0611. The molecule has 0 bridgehead atoms. The van der Waals surface area contributed by atoms with Gasteiger partial charge in [-0.25, -0.2) is 8.78 Å². The van der Waals surface area contributed by atoms with Gasteiger partial charge in [-0.15, -0.1) is 0 Å². The van der Waals surface area contributed by atoms with Crippen LogP contribution in [-0.4, -0.2) is 19.8 Å². The summed E-state index contributed by atoms with van der Waals surface area (Å²) in [5.74, 6) is -1.13. The molecule has 0 saturated carbocycles. The molecular weight excluding hydrogens is 200 g/mol. The first-order chi connectivity index (χ1) is 7.25. The molecule has 0 saturated heterocycles. The molecule has 0 aliphatic heterocycles. The molecule has 1 aromatic rings. The second-order valence-electron chi connectivity index (χ2n) is 3.07. The van der Waals surface area contributed by atoms with E-state index in [4.69, 9.17) is 4.74 Å². The SMILES string of the molecule is CCOCCCNc1c(F)cccc1F. The van der Waals surface area contributed by atoms with Crippen molar-refractivity contribution in [2.24, 2.45) is 0 Å². The number of anilines is 1. The molecule has 84 valence electrons. The molecule has 0 fully saturated rings. The van der Waals surface area contributed by atoms with Gasteiger partial charge >= 0.3 is 0 Å². The van der Waals surface area contributed by atoms with E-state index in [-0.39, 0.29) is 5.69 Å². The van der Waals surface area contributed by atoms with Gasteiger partial charge in [0.05, 0.1) is 0 Å². The number of rotatable bonds is 6. The van der Waals surface area contributed by atoms with Gasteiger partial charge in [-0.2, -0.15) is 0 Å². The first-order valence-electron chi connectivity index (χ1n) is 5.01. The maximum atomic E-state index is 13.1. The Hall–Kier alpha value is -1.16. The van der Waals surface area contributed by atoms with E-state index in [2.05, 4.69) is 5.32 Å². The molecule has 0 heterocycles. The van der Waals surface area contributed by atoms with E-state index in [0.717, 1.165) is 6.42 Å². The molecule has 0 aliphatic rings. The summed E-state index contributed by atoms with van der Waals surface area (Å²) >= 11 is 0. The van der Waals surface area contributed by atoms with E-state index in [1.54, 1.807) is 0 Å². The highest BCUT2D eigenvalue weighted by atomic mass is 19.1. The monoisotopic (exact) mass is 215 g/mol. The first-order valence-corrected chi connectivity index (χ1v) is 5.01. The van der Waals surface area contributed by atoms with Crippen molar-refractivity contribution < 1.29 is 13.5 Å². The summed E-state index contributed by atoms with van der Waals surface area (Å²) in [6.45, 7) is 3.66. The Morgan fingerprint density at radius 2 is 1.93 bits per heavy atom. The van der Waals surface area contributed by atoms with Crippen LogP contribution in [0, 0.1) is 11.6 Å². The highest BCUT2D eigenvalue weighted by Gasteiger charge is 2.06. The topological polar surface area (TPSA) is 21.3 Å². The number of hydrogen-bond acceptors (Lipinski definition) is 2. The van der Waals surface area contributed by atoms with Crippen LogP contribution in [0.25, 0.3) is 0 Å². The molecule has 0 aromatic heterocycles. The normalized spacial score (nSPS) is 10.3. The third-order valence-electron chi connectivity index (χ3n) is 1.93. The maximum absolute atomic E-state index is 13.1. The largest absolute Gasteiger partial charge is 0.382 e. The minimum Gasteiger partial charge on any atom is -0.382 e. The Labute approximate surface area is 88.3 Å². The molecule has 2 nitrogen and oxygen atoms in total. The van der Waals surface area contributed by atoms with Crippen LogP contribution in [0.15, 0.2) is 18.2 Å². The van der Waals surface area contributed by atoms with E-state index in [0.29, 0.717) is 19.8 Å². The summed E-state index contributed by atoms with van der Waals surface area (Å²) in [4.78, 5) is 0. The summed E-state index contributed by atoms with van der Waals surface area (Å²) < 4.78 is 31.3. The molecule has 1 N–H and O–H groups in total. The Balaban J connectivity index is 2.37. The molecular formula is C11H15F2NO. The fourth-order valence-corrected chi connectivity index (χ4v) is 1.20. The molecule has 0 spiro atoms. The number of benzene rings is 1. The number of para-hydroxylation sites is 1. The van der Waals surface area contributed by atoms with Gasteiger partial charge in [-0.3, -0.25) is 0 Å². The predicted molar refractivity (Wildman–Crippen MR) is 56.0 cm³/mol. The lowest BCUT2D eigenvalue weighted by Gasteiger charge is -2.08. The number of nitrogens with one attached hydrogen (secondary N) is 1. The standard InChI is InChI=1S/C11H15F2NO/c1-2-15-8-4-7-14-11-9(12)5-3-6-10(11)13/h3,5-6,14H,2,4,7-8H2,1H3. The van der Waals surface area contributed by atoms with Crippen LogP contribution in [0.2, 0.25) is 0 Å². The van der Waals surface area contributed by atoms with Crippen molar-refractivity contribution in [1.82, 2.24) is 0 Å². The summed E-state index contributed by atoms with van der Waals surface area (Å²) in [6.07, 6.45) is 0.724. The third-order valence-corrected chi connectivity index (χ3v) is 1.93. The zero-order valence-electron chi connectivity index (χ0n) is 8.72. The summed E-state index contributed by atoms with van der Waals surface area (Å²) in [5.41, 5.74) is -0.0611. The molecule has 15 heavy (non-hydrogen) atoms.